The van der Waals surface area contributed by atoms with Gasteiger partial charge in [0.2, 0.25) is 16.8 Å². The van der Waals surface area contributed by atoms with Crippen molar-refractivity contribution >= 4 is 10.0 Å². The van der Waals surface area contributed by atoms with E-state index in [4.69, 9.17) is 14.5 Å². The minimum atomic E-state index is -3.27. The van der Waals surface area contributed by atoms with E-state index in [0.29, 0.717) is 0 Å². The van der Waals surface area contributed by atoms with Crippen molar-refractivity contribution in [3.8, 4) is 34.1 Å². The molecule has 9 heteroatoms. The van der Waals surface area contributed by atoms with E-state index in [1.807, 2.05) is 24.3 Å². The van der Waals surface area contributed by atoms with Crippen molar-refractivity contribution < 1.29 is 17.9 Å². The Morgan fingerprint density at radius 3 is 2.30 bits per heavy atom. The molecule has 0 saturated carbocycles. The van der Waals surface area contributed by atoms with Crippen molar-refractivity contribution in [3.05, 3.63) is 89.6 Å². The quantitative estimate of drug-likeness (QED) is 0.165. The van der Waals surface area contributed by atoms with Crippen molar-refractivity contribution in [1.29, 1.82) is 0 Å². The minimum Gasteiger partial charge on any atom is -0.454 e. The molecule has 1 aliphatic heterocycles. The van der Waals surface area contributed by atoms with Crippen LogP contribution in [0.5, 0.6) is 11.5 Å². The summed E-state index contributed by atoms with van der Waals surface area (Å²) in [6.45, 7) is 8.33. The van der Waals surface area contributed by atoms with E-state index >= 15 is 0 Å². The number of nitrogens with zero attached hydrogens (tertiary/aromatic N) is 3. The van der Waals surface area contributed by atoms with Crippen molar-refractivity contribution in [2.75, 3.05) is 19.6 Å². The predicted molar refractivity (Wildman–Crippen MR) is 171 cm³/mol. The van der Waals surface area contributed by atoms with Crippen LogP contribution in [0.3, 0.4) is 0 Å². The highest BCUT2D eigenvalue weighted by Gasteiger charge is 2.23. The maximum atomic E-state index is 11.6. The minimum absolute atomic E-state index is 0.256. The smallest absolute Gasteiger partial charge is 0.231 e. The molecule has 2 heterocycles. The van der Waals surface area contributed by atoms with Crippen LogP contribution in [0.15, 0.2) is 72.8 Å². The Hall–Kier alpha value is -3.66. The molecule has 1 aromatic heterocycles. The van der Waals surface area contributed by atoms with Gasteiger partial charge in [-0.15, -0.1) is 0 Å². The van der Waals surface area contributed by atoms with Gasteiger partial charge in [-0.1, -0.05) is 87.4 Å². The highest BCUT2D eigenvalue weighted by molar-refractivity contribution is 7.88. The summed E-state index contributed by atoms with van der Waals surface area (Å²) in [5.41, 5.74) is 6.35. The van der Waals surface area contributed by atoms with Crippen molar-refractivity contribution in [1.82, 2.24) is 19.2 Å². The second kappa shape index (κ2) is 14.2. The maximum Gasteiger partial charge on any atom is 0.231 e. The molecule has 0 saturated heterocycles. The third-order valence-electron chi connectivity index (χ3n) is 7.65. The lowest BCUT2D eigenvalue weighted by atomic mass is 10.1. The van der Waals surface area contributed by atoms with Crippen LogP contribution in [0.4, 0.5) is 0 Å². The predicted octanol–water partition coefficient (Wildman–Crippen LogP) is 6.60. The molecule has 0 atom stereocenters. The van der Waals surface area contributed by atoms with Crippen molar-refractivity contribution in [2.24, 2.45) is 0 Å². The second-order valence-electron chi connectivity index (χ2n) is 11.1. The molecule has 228 valence electrons. The largest absolute Gasteiger partial charge is 0.454 e. The van der Waals surface area contributed by atoms with Gasteiger partial charge in [-0.05, 0) is 42.6 Å². The summed E-state index contributed by atoms with van der Waals surface area (Å²) in [5.74, 6) is 2.57. The SMILES string of the molecule is CCCCN(Cc1ccc2c(c1)OCO2)Cc1c(-c2ccc(CNS(C)(=O)=O)cc2)nc(-c2ccccc2)n1CCCC. The summed E-state index contributed by atoms with van der Waals surface area (Å²) in [5, 5.41) is 0. The summed E-state index contributed by atoms with van der Waals surface area (Å²) in [6, 6.07) is 24.7. The van der Waals surface area contributed by atoms with Crippen LogP contribution in [-0.2, 0) is 36.2 Å². The van der Waals surface area contributed by atoms with E-state index in [9.17, 15) is 8.42 Å². The zero-order chi connectivity index (χ0) is 30.2. The van der Waals surface area contributed by atoms with Gasteiger partial charge in [0.25, 0.3) is 0 Å². The fourth-order valence-electron chi connectivity index (χ4n) is 5.34. The molecule has 3 aromatic carbocycles. The number of unbranched alkanes of at least 4 members (excludes halogenated alkanes) is 2. The molecular weight excluding hydrogens is 560 g/mol. The lowest BCUT2D eigenvalue weighted by Crippen LogP contribution is -2.26. The number of ether oxygens (including phenoxy) is 2. The first-order valence-electron chi connectivity index (χ1n) is 15.1. The number of rotatable bonds is 15. The van der Waals surface area contributed by atoms with Crippen LogP contribution >= 0.6 is 0 Å². The molecule has 5 rings (SSSR count). The van der Waals surface area contributed by atoms with E-state index in [1.54, 1.807) is 0 Å². The lowest BCUT2D eigenvalue weighted by Gasteiger charge is -2.24. The number of sulfonamides is 1. The van der Waals surface area contributed by atoms with Gasteiger partial charge in [0.15, 0.2) is 11.5 Å². The number of fused-ring (bicyclic) bond motifs is 1. The number of imidazole rings is 1. The van der Waals surface area contributed by atoms with E-state index in [0.717, 1.165) is 91.6 Å². The molecule has 1 aliphatic rings. The fourth-order valence-corrected chi connectivity index (χ4v) is 5.77. The topological polar surface area (TPSA) is 85.7 Å². The van der Waals surface area contributed by atoms with Gasteiger partial charge in [0, 0.05) is 37.3 Å². The average Bonchev–Trinajstić information content (AvgIpc) is 3.62. The lowest BCUT2D eigenvalue weighted by molar-refractivity contribution is 0.174. The average molecular weight is 603 g/mol. The Morgan fingerprint density at radius 1 is 0.860 bits per heavy atom. The van der Waals surface area contributed by atoms with Gasteiger partial charge >= 0.3 is 0 Å². The van der Waals surface area contributed by atoms with Gasteiger partial charge in [0.1, 0.15) is 5.82 Å². The van der Waals surface area contributed by atoms with Crippen LogP contribution in [0.1, 0.15) is 56.4 Å². The standard InChI is InChI=1S/C34H42N4O4S/c1-4-6-19-37(23-27-15-18-31-32(21-27)42-25-41-31)24-30-33(28-16-13-26(14-17-28)22-35-43(3,39)40)36-34(38(30)20-7-5-2)29-11-9-8-10-12-29/h8-18,21,35H,4-7,19-20,22-25H2,1-3H3. The molecule has 1 N–H and O–H groups in total. The van der Waals surface area contributed by atoms with Gasteiger partial charge in [-0.25, -0.2) is 18.1 Å². The van der Waals surface area contributed by atoms with Crippen LogP contribution in [-0.4, -0.2) is 42.5 Å². The molecule has 0 spiro atoms. The first kappa shape index (κ1) is 30.8. The van der Waals surface area contributed by atoms with Gasteiger partial charge in [0.05, 0.1) is 17.6 Å². The third-order valence-corrected chi connectivity index (χ3v) is 8.32. The fraction of sp³-hybridized carbons (Fsp3) is 0.382. The molecule has 0 unspecified atom stereocenters. The normalized spacial score (nSPS) is 12.7. The Balaban J connectivity index is 1.54. The van der Waals surface area contributed by atoms with Crippen LogP contribution in [0.25, 0.3) is 22.6 Å². The number of hydrogen-bond acceptors (Lipinski definition) is 6. The Bertz CT molecular complexity index is 1600. The highest BCUT2D eigenvalue weighted by atomic mass is 32.2. The van der Waals surface area contributed by atoms with E-state index in [1.165, 1.54) is 17.5 Å². The van der Waals surface area contributed by atoms with Crippen LogP contribution < -0.4 is 14.2 Å². The molecule has 8 nitrogen and oxygen atoms in total. The molecule has 43 heavy (non-hydrogen) atoms. The Kier molecular flexibility index (Phi) is 10.2. The summed E-state index contributed by atoms with van der Waals surface area (Å²) in [7, 11) is -3.27. The number of nitrogens with one attached hydrogen (secondary N) is 1. The van der Waals surface area contributed by atoms with Gasteiger partial charge < -0.3 is 14.0 Å². The Morgan fingerprint density at radius 2 is 1.58 bits per heavy atom. The van der Waals surface area contributed by atoms with E-state index in [2.05, 4.69) is 76.6 Å². The van der Waals surface area contributed by atoms with Crippen molar-refractivity contribution in [3.63, 3.8) is 0 Å². The van der Waals surface area contributed by atoms with Crippen LogP contribution in [0, 0.1) is 0 Å². The first-order chi connectivity index (χ1) is 20.8. The summed E-state index contributed by atoms with van der Waals surface area (Å²) < 4.78 is 39.4. The van der Waals surface area contributed by atoms with E-state index in [-0.39, 0.29) is 13.3 Å². The highest BCUT2D eigenvalue weighted by Crippen LogP contribution is 2.34. The van der Waals surface area contributed by atoms with Crippen molar-refractivity contribution in [2.45, 2.75) is 65.7 Å². The van der Waals surface area contributed by atoms with Gasteiger partial charge in [-0.2, -0.15) is 0 Å². The Labute approximate surface area is 255 Å². The summed E-state index contributed by atoms with van der Waals surface area (Å²) in [6.07, 6.45) is 5.51. The number of hydrogen-bond donors (Lipinski definition) is 1. The zero-order valence-electron chi connectivity index (χ0n) is 25.4. The van der Waals surface area contributed by atoms with E-state index < -0.39 is 10.0 Å². The number of benzene rings is 3. The third kappa shape index (κ3) is 8.04. The summed E-state index contributed by atoms with van der Waals surface area (Å²) in [4.78, 5) is 7.80. The molecule has 0 radical (unpaired) electrons. The summed E-state index contributed by atoms with van der Waals surface area (Å²) >= 11 is 0. The second-order valence-corrected chi connectivity index (χ2v) is 13.0. The molecule has 0 amide bonds. The monoisotopic (exact) mass is 602 g/mol. The number of aromatic nitrogens is 2. The van der Waals surface area contributed by atoms with Gasteiger partial charge in [-0.3, -0.25) is 4.90 Å². The molecule has 0 bridgehead atoms. The van der Waals surface area contributed by atoms with Crippen LogP contribution in [0.2, 0.25) is 0 Å². The molecule has 4 aromatic rings. The maximum absolute atomic E-state index is 11.6. The molecule has 0 fully saturated rings. The first-order valence-corrected chi connectivity index (χ1v) is 17.0. The molecule has 0 aliphatic carbocycles. The zero-order valence-corrected chi connectivity index (χ0v) is 26.2. The molecular formula is C34H42N4O4S.